The highest BCUT2D eigenvalue weighted by Gasteiger charge is 2.19. The maximum absolute atomic E-state index is 11.0. The van der Waals surface area contributed by atoms with Gasteiger partial charge in [0.1, 0.15) is 5.78 Å². The molecule has 0 aromatic carbocycles. The van der Waals surface area contributed by atoms with E-state index in [1.54, 1.807) is 55.4 Å². The Morgan fingerprint density at radius 3 is 0.864 bits per heavy atom. The summed E-state index contributed by atoms with van der Waals surface area (Å²) < 4.78 is 57.6. The molecule has 0 bridgehead atoms. The first kappa shape index (κ1) is 52.7. The van der Waals surface area contributed by atoms with Crippen LogP contribution in [0.5, 0.6) is 0 Å². The highest BCUT2D eigenvalue weighted by Crippen LogP contribution is 2.07. The van der Waals surface area contributed by atoms with Crippen LogP contribution in [-0.2, 0) is 40.2 Å². The lowest BCUT2D eigenvalue weighted by Crippen LogP contribution is -2.35. The molecule has 0 unspecified atom stereocenters. The minimum Gasteiger partial charge on any atom is -0.354 e. The van der Waals surface area contributed by atoms with Crippen LogP contribution in [0.1, 0.15) is 138 Å². The monoisotopic (exact) mass is 692 g/mol. The van der Waals surface area contributed by atoms with Gasteiger partial charge in [-0.2, -0.15) is 0 Å². The lowest BCUT2D eigenvalue weighted by atomic mass is 9.99. The van der Waals surface area contributed by atoms with E-state index in [1.807, 2.05) is 83.1 Å². The summed E-state index contributed by atoms with van der Waals surface area (Å²) in [5, 5.41) is 2.62. The molecule has 0 heterocycles. The van der Waals surface area contributed by atoms with Crippen molar-refractivity contribution in [3.05, 3.63) is 0 Å². The fraction of sp³-hybridized carbons (Fsp3) is 0.938. The first-order chi connectivity index (χ1) is 19.4. The van der Waals surface area contributed by atoms with Gasteiger partial charge in [0.15, 0.2) is 9.84 Å². The normalized spacial score (nSPS) is 11.9. The topological polar surface area (TPSA) is 144 Å². The van der Waals surface area contributed by atoms with E-state index in [9.17, 15) is 30.6 Å². The van der Waals surface area contributed by atoms with Crippen LogP contribution in [0.3, 0.4) is 0 Å². The zero-order valence-corrected chi connectivity index (χ0v) is 34.3. The summed E-state index contributed by atoms with van der Waals surface area (Å²) in [6.45, 7) is 37.1. The van der Waals surface area contributed by atoms with Crippen LogP contribution in [0, 0.1) is 17.8 Å². The second-order valence-electron chi connectivity index (χ2n) is 13.5. The summed E-state index contributed by atoms with van der Waals surface area (Å²) in [5.41, 5.74) is 0. The van der Waals surface area contributed by atoms with E-state index in [4.69, 9.17) is 0 Å². The van der Waals surface area contributed by atoms with Crippen molar-refractivity contribution in [2.24, 2.45) is 17.8 Å². The molecule has 0 aromatic heterocycles. The molecule has 0 fully saturated rings. The molecular weight excluding hydrogens is 621 g/mol. The van der Waals surface area contributed by atoms with Crippen LogP contribution < -0.4 is 10.0 Å². The van der Waals surface area contributed by atoms with Crippen LogP contribution >= 0.6 is 0 Å². The average Bonchev–Trinajstić information content (AvgIpc) is 2.82. The second-order valence-corrected chi connectivity index (χ2v) is 21.4. The average molecular weight is 693 g/mol. The van der Waals surface area contributed by atoms with Gasteiger partial charge >= 0.3 is 0 Å². The Morgan fingerprint density at radius 1 is 0.500 bits per heavy atom. The summed E-state index contributed by atoms with van der Waals surface area (Å²) >= 11 is 0. The summed E-state index contributed by atoms with van der Waals surface area (Å²) in [7, 11) is -6.49. The molecule has 0 aromatic rings. The summed E-state index contributed by atoms with van der Waals surface area (Å²) in [5.74, 6) is 0.993. The third kappa shape index (κ3) is 31.1. The molecule has 0 spiro atoms. The largest absolute Gasteiger partial charge is 0.354 e. The molecule has 0 aliphatic heterocycles. The van der Waals surface area contributed by atoms with Crippen molar-refractivity contribution in [1.29, 1.82) is 0 Å². The number of sulfone groups is 1. The number of carbonyl (C=O) groups excluding carboxylic acids is 2. The van der Waals surface area contributed by atoms with E-state index in [2.05, 4.69) is 10.0 Å². The molecule has 12 heteroatoms. The zero-order chi connectivity index (χ0) is 36.9. The highest BCUT2D eigenvalue weighted by atomic mass is 32.2. The van der Waals surface area contributed by atoms with Gasteiger partial charge in [0.2, 0.25) is 15.9 Å². The summed E-state index contributed by atoms with van der Waals surface area (Å²) in [6.07, 6.45) is 0. The van der Waals surface area contributed by atoms with Crippen LogP contribution in [0.25, 0.3) is 0 Å². The number of carbonyl (C=O) groups is 2. The third-order valence-corrected chi connectivity index (χ3v) is 11.9. The molecule has 0 aliphatic carbocycles. The van der Waals surface area contributed by atoms with E-state index in [0.717, 1.165) is 0 Å². The van der Waals surface area contributed by atoms with Gasteiger partial charge in [-0.15, -0.1) is 0 Å². The Kier molecular flexibility index (Phi) is 31.4. The number of Topliss-reactive ketones (excluding diaryl/α,β-unsaturated/α-hetero) is 1. The van der Waals surface area contributed by atoms with Gasteiger partial charge in [0, 0.05) is 51.1 Å². The fourth-order valence-corrected chi connectivity index (χ4v) is 5.78. The van der Waals surface area contributed by atoms with Crippen molar-refractivity contribution >= 4 is 42.4 Å². The molecular formula is C32H72N2O7S3. The lowest BCUT2D eigenvalue weighted by molar-refractivity contribution is -0.125. The van der Waals surface area contributed by atoms with Gasteiger partial charge in [-0.1, -0.05) is 69.2 Å². The highest BCUT2D eigenvalue weighted by molar-refractivity contribution is 7.92. The van der Waals surface area contributed by atoms with Crippen molar-refractivity contribution in [2.45, 2.75) is 177 Å². The molecule has 0 radical (unpaired) electrons. The van der Waals surface area contributed by atoms with Crippen molar-refractivity contribution in [1.82, 2.24) is 10.0 Å². The van der Waals surface area contributed by atoms with Gasteiger partial charge in [0.25, 0.3) is 0 Å². The summed E-state index contributed by atoms with van der Waals surface area (Å²) in [6, 6.07) is 0.257. The molecule has 0 saturated heterocycles. The molecule has 270 valence electrons. The van der Waals surface area contributed by atoms with Crippen LogP contribution in [-0.4, -0.2) is 71.1 Å². The maximum atomic E-state index is 11.0. The number of rotatable bonds is 11. The molecule has 9 nitrogen and oxygen atoms in total. The van der Waals surface area contributed by atoms with Crippen molar-refractivity contribution in [2.75, 3.05) is 0 Å². The van der Waals surface area contributed by atoms with Crippen molar-refractivity contribution in [3.8, 4) is 0 Å². The number of ketones is 1. The zero-order valence-electron chi connectivity index (χ0n) is 31.9. The number of amides is 1. The van der Waals surface area contributed by atoms with Gasteiger partial charge < -0.3 is 5.32 Å². The second kappa shape index (κ2) is 26.2. The Balaban J connectivity index is -0.000000144. The first-order valence-electron chi connectivity index (χ1n) is 15.9. The van der Waals surface area contributed by atoms with Crippen LogP contribution in [0.15, 0.2) is 0 Å². The Bertz CT molecular complexity index is 923. The van der Waals surface area contributed by atoms with Gasteiger partial charge in [-0.25, -0.2) is 21.6 Å². The van der Waals surface area contributed by atoms with Crippen LogP contribution in [0.2, 0.25) is 0 Å². The Morgan fingerprint density at radius 2 is 0.818 bits per heavy atom. The molecule has 44 heavy (non-hydrogen) atoms. The molecule has 2 N–H and O–H groups in total. The van der Waals surface area contributed by atoms with Gasteiger partial charge in [-0.05, 0) is 69.2 Å². The van der Waals surface area contributed by atoms with Crippen molar-refractivity contribution in [3.63, 3.8) is 0 Å². The Labute approximate surface area is 276 Å². The molecule has 0 rings (SSSR count). The quantitative estimate of drug-likeness (QED) is 0.251. The summed E-state index contributed by atoms with van der Waals surface area (Å²) in [4.78, 5) is 21.7. The molecule has 0 saturated carbocycles. The molecule has 0 atom stereocenters. The van der Waals surface area contributed by atoms with E-state index < -0.39 is 30.7 Å². The third-order valence-electron chi connectivity index (χ3n) is 5.36. The Hall–Kier alpha value is -0.850. The van der Waals surface area contributed by atoms with Gasteiger partial charge in [0.05, 0.1) is 15.7 Å². The number of sulfonamides is 1. The maximum Gasteiger partial charge on any atom is 0.222 e. The van der Waals surface area contributed by atoms with Gasteiger partial charge in [-0.3, -0.25) is 13.8 Å². The predicted octanol–water partition coefficient (Wildman–Crippen LogP) is 6.53. The van der Waals surface area contributed by atoms with E-state index >= 15 is 0 Å². The van der Waals surface area contributed by atoms with Crippen LogP contribution in [0.4, 0.5) is 0 Å². The molecule has 1 amide bonds. The van der Waals surface area contributed by atoms with E-state index in [0.29, 0.717) is 16.3 Å². The number of hydrogen-bond donors (Lipinski definition) is 2. The minimum atomic E-state index is -3.05. The molecule has 0 aliphatic rings. The number of hydrogen-bond acceptors (Lipinski definition) is 7. The lowest BCUT2D eigenvalue weighted by Gasteiger charge is -2.11. The smallest absolute Gasteiger partial charge is 0.222 e. The standard InChI is InChI=1S/C7H15NO.C7H14O.C6H15NO2S.C6H14O2S.C6H14OS/c1-5(2)7(9)8-6(3)4;1-5(2)7(8)6(3)4;1-5(2)7-10(8,9)6(3)4;1-5(2)9(7,8)6(3)4;1-5(2)8(7)6(3)4/h5-6H,1-4H3,(H,8,9);5-6H,1-4H3;5-7H,1-4H3;5-6H,1-4H3;5-6H,1-4H3. The van der Waals surface area contributed by atoms with E-state index in [1.165, 1.54) is 0 Å². The number of nitrogens with one attached hydrogen (secondary N) is 2. The first-order valence-corrected chi connectivity index (χ1v) is 20.3. The fourth-order valence-electron chi connectivity index (χ4n) is 2.67. The minimum absolute atomic E-state index is 0.00704. The predicted molar refractivity (Wildman–Crippen MR) is 193 cm³/mol. The van der Waals surface area contributed by atoms with Crippen molar-refractivity contribution < 1.29 is 30.6 Å². The van der Waals surface area contributed by atoms with E-state index in [-0.39, 0.29) is 51.5 Å². The SMILES string of the molecule is CC(C)C(=O)C(C)C.CC(C)NC(=O)C(C)C.CC(C)NS(=O)(=O)C(C)C.CC(C)S(=O)(=O)C(C)C.CC(C)S(=O)C(C)C.